The predicted octanol–water partition coefficient (Wildman–Crippen LogP) is 4.27. The van der Waals surface area contributed by atoms with Gasteiger partial charge in [-0.15, -0.1) is 13.2 Å². The molecule has 4 rings (SSSR count). The first-order valence-corrected chi connectivity index (χ1v) is 15.1. The van der Waals surface area contributed by atoms with Crippen LogP contribution in [0.3, 0.4) is 0 Å². The Morgan fingerprint density at radius 2 is 1.93 bits per heavy atom. The molecule has 2 unspecified atom stereocenters. The highest BCUT2D eigenvalue weighted by Gasteiger charge is 2.79. The van der Waals surface area contributed by atoms with Crippen LogP contribution >= 0.6 is 0 Å². The Labute approximate surface area is 244 Å². The van der Waals surface area contributed by atoms with E-state index < -0.39 is 41.1 Å². The standard InChI is InChI=1S/C33H46N2O6/c1-6-9-10-14-20-40-31(39)27-26-29(37)35(25(22-36)23(4)5)28(33(26)18-17-32(27,8-3)41-33)30(38)34(19-7-2)21-24-15-12-11-13-16-24/h6-7,11-13,15-16,23,25-28,36H,1-2,8-10,14,17-22H2,3-5H3/t25-,26-,27+,28?,32-,33?/m0/s1. The fourth-order valence-electron chi connectivity index (χ4n) is 7.29. The van der Waals surface area contributed by atoms with Crippen LogP contribution in [0.5, 0.6) is 0 Å². The molecule has 0 saturated carbocycles. The third kappa shape index (κ3) is 5.48. The van der Waals surface area contributed by atoms with Crippen molar-refractivity contribution in [1.29, 1.82) is 0 Å². The molecule has 1 aromatic carbocycles. The van der Waals surface area contributed by atoms with Gasteiger partial charge in [0.1, 0.15) is 17.6 Å². The molecule has 3 heterocycles. The van der Waals surface area contributed by atoms with Crippen LogP contribution in [0.25, 0.3) is 0 Å². The zero-order valence-electron chi connectivity index (χ0n) is 24.8. The van der Waals surface area contributed by atoms with Gasteiger partial charge in [-0.25, -0.2) is 0 Å². The maximum atomic E-state index is 14.6. The molecular weight excluding hydrogens is 520 g/mol. The molecule has 0 radical (unpaired) electrons. The van der Waals surface area contributed by atoms with Crippen molar-refractivity contribution in [1.82, 2.24) is 9.80 Å². The fourth-order valence-corrected chi connectivity index (χ4v) is 7.29. The maximum absolute atomic E-state index is 14.6. The Morgan fingerprint density at radius 3 is 2.54 bits per heavy atom. The van der Waals surface area contributed by atoms with E-state index in [2.05, 4.69) is 13.2 Å². The number of benzene rings is 1. The van der Waals surface area contributed by atoms with E-state index in [4.69, 9.17) is 9.47 Å². The Kier molecular flexibility index (Phi) is 9.75. The number of rotatable bonds is 15. The number of esters is 1. The van der Waals surface area contributed by atoms with Crippen molar-refractivity contribution < 1.29 is 29.0 Å². The molecule has 0 aromatic heterocycles. The lowest BCUT2D eigenvalue weighted by Crippen LogP contribution is -2.59. The Hall–Kier alpha value is -2.97. The molecule has 6 atom stereocenters. The first-order chi connectivity index (χ1) is 19.7. The Bertz CT molecular complexity index is 1120. The first kappa shape index (κ1) is 31.0. The Morgan fingerprint density at radius 1 is 1.20 bits per heavy atom. The van der Waals surface area contributed by atoms with Crippen LogP contribution in [-0.4, -0.2) is 75.7 Å². The van der Waals surface area contributed by atoms with Crippen molar-refractivity contribution in [3.05, 3.63) is 61.2 Å². The van der Waals surface area contributed by atoms with Crippen LogP contribution < -0.4 is 0 Å². The van der Waals surface area contributed by atoms with Gasteiger partial charge in [0.25, 0.3) is 0 Å². The van der Waals surface area contributed by atoms with Crippen LogP contribution in [0.1, 0.15) is 64.9 Å². The molecule has 3 aliphatic rings. The third-order valence-electron chi connectivity index (χ3n) is 9.34. The number of aliphatic hydroxyl groups is 1. The summed E-state index contributed by atoms with van der Waals surface area (Å²) in [5.74, 6) is -2.77. The molecule has 3 aliphatic heterocycles. The average molecular weight is 567 g/mol. The van der Waals surface area contributed by atoms with Crippen molar-refractivity contribution in [2.45, 2.75) is 89.1 Å². The highest BCUT2D eigenvalue weighted by Crippen LogP contribution is 2.65. The van der Waals surface area contributed by atoms with E-state index in [1.165, 1.54) is 0 Å². The summed E-state index contributed by atoms with van der Waals surface area (Å²) in [4.78, 5) is 46.0. The molecule has 8 heteroatoms. The van der Waals surface area contributed by atoms with E-state index in [9.17, 15) is 19.5 Å². The minimum atomic E-state index is -1.17. The van der Waals surface area contributed by atoms with Crippen molar-refractivity contribution in [2.75, 3.05) is 19.8 Å². The SMILES string of the molecule is C=CCCCCOC(=O)[C@H]1[C@H]2C(=O)N([C@@H](CO)C(C)C)C(C(=O)N(CC=C)Cc3ccccc3)C23CC[C@]1(CC)O3. The van der Waals surface area contributed by atoms with E-state index in [1.54, 1.807) is 15.9 Å². The second-order valence-corrected chi connectivity index (χ2v) is 12.0. The number of allylic oxidation sites excluding steroid dienone is 1. The fraction of sp³-hybridized carbons (Fsp3) is 0.606. The number of fused-ring (bicyclic) bond motifs is 1. The predicted molar refractivity (Wildman–Crippen MR) is 156 cm³/mol. The van der Waals surface area contributed by atoms with Gasteiger partial charge in [0, 0.05) is 13.1 Å². The third-order valence-corrected chi connectivity index (χ3v) is 9.34. The van der Waals surface area contributed by atoms with Crippen LogP contribution in [0, 0.1) is 17.8 Å². The molecular formula is C33H46N2O6. The van der Waals surface area contributed by atoms with E-state index in [0.717, 1.165) is 18.4 Å². The number of carbonyl (C=O) groups excluding carboxylic acids is 3. The second-order valence-electron chi connectivity index (χ2n) is 12.0. The summed E-state index contributed by atoms with van der Waals surface area (Å²) in [6.07, 6.45) is 7.50. The number of hydrogen-bond acceptors (Lipinski definition) is 6. The van der Waals surface area contributed by atoms with Gasteiger partial charge in [-0.2, -0.15) is 0 Å². The summed E-state index contributed by atoms with van der Waals surface area (Å²) in [5, 5.41) is 10.5. The number of aliphatic hydroxyl groups excluding tert-OH is 1. The zero-order chi connectivity index (χ0) is 29.8. The molecule has 8 nitrogen and oxygen atoms in total. The van der Waals surface area contributed by atoms with Crippen molar-refractivity contribution in [2.24, 2.45) is 17.8 Å². The van der Waals surface area contributed by atoms with Gasteiger partial charge in [-0.05, 0) is 50.0 Å². The normalized spacial score (nSPS) is 29.0. The van der Waals surface area contributed by atoms with Gasteiger partial charge < -0.3 is 24.4 Å². The number of ether oxygens (including phenoxy) is 2. The molecule has 3 fully saturated rings. The quantitative estimate of drug-likeness (QED) is 0.194. The van der Waals surface area contributed by atoms with Gasteiger partial charge in [-0.3, -0.25) is 14.4 Å². The largest absolute Gasteiger partial charge is 0.465 e. The average Bonchev–Trinajstić information content (AvgIpc) is 3.57. The van der Waals surface area contributed by atoms with Crippen LogP contribution in [-0.2, 0) is 30.4 Å². The molecule has 1 aromatic rings. The molecule has 2 bridgehead atoms. The lowest BCUT2D eigenvalue weighted by Gasteiger charge is -2.40. The lowest BCUT2D eigenvalue weighted by molar-refractivity contribution is -0.164. The van der Waals surface area contributed by atoms with Crippen LogP contribution in [0.15, 0.2) is 55.6 Å². The maximum Gasteiger partial charge on any atom is 0.312 e. The summed E-state index contributed by atoms with van der Waals surface area (Å²) in [7, 11) is 0. The number of amides is 2. The smallest absolute Gasteiger partial charge is 0.312 e. The molecule has 224 valence electrons. The Balaban J connectivity index is 1.74. The summed E-state index contributed by atoms with van der Waals surface area (Å²) in [6, 6.07) is 8.11. The van der Waals surface area contributed by atoms with E-state index in [-0.39, 0.29) is 37.5 Å². The minimum absolute atomic E-state index is 0.121. The van der Waals surface area contributed by atoms with E-state index in [1.807, 2.05) is 57.2 Å². The second kappa shape index (κ2) is 12.9. The van der Waals surface area contributed by atoms with Crippen LogP contribution in [0.4, 0.5) is 0 Å². The number of likely N-dealkylation sites (tertiary alicyclic amines) is 1. The topological polar surface area (TPSA) is 96.4 Å². The van der Waals surface area contributed by atoms with Gasteiger partial charge in [0.2, 0.25) is 11.8 Å². The van der Waals surface area contributed by atoms with Gasteiger partial charge in [0.05, 0.1) is 30.8 Å². The minimum Gasteiger partial charge on any atom is -0.465 e. The summed E-state index contributed by atoms with van der Waals surface area (Å²) >= 11 is 0. The van der Waals surface area contributed by atoms with Gasteiger partial charge >= 0.3 is 5.97 Å². The molecule has 1 spiro atoms. The number of hydrogen-bond donors (Lipinski definition) is 1. The zero-order valence-corrected chi connectivity index (χ0v) is 24.8. The van der Waals surface area contributed by atoms with E-state index in [0.29, 0.717) is 32.2 Å². The highest BCUT2D eigenvalue weighted by atomic mass is 16.6. The number of unbranched alkanes of at least 4 members (excludes halogenated alkanes) is 2. The lowest BCUT2D eigenvalue weighted by atomic mass is 9.65. The summed E-state index contributed by atoms with van der Waals surface area (Å²) in [5.41, 5.74) is -1.08. The summed E-state index contributed by atoms with van der Waals surface area (Å²) in [6.45, 7) is 14.0. The molecule has 41 heavy (non-hydrogen) atoms. The molecule has 0 aliphatic carbocycles. The molecule has 3 saturated heterocycles. The molecule has 1 N–H and O–H groups in total. The first-order valence-electron chi connectivity index (χ1n) is 15.1. The number of nitrogens with zero attached hydrogens (tertiary/aromatic N) is 2. The summed E-state index contributed by atoms with van der Waals surface area (Å²) < 4.78 is 12.6. The van der Waals surface area contributed by atoms with Gasteiger partial charge in [-0.1, -0.05) is 63.3 Å². The van der Waals surface area contributed by atoms with Gasteiger partial charge in [0.15, 0.2) is 0 Å². The van der Waals surface area contributed by atoms with Crippen LogP contribution in [0.2, 0.25) is 0 Å². The number of carbonyl (C=O) groups is 3. The van der Waals surface area contributed by atoms with Crippen molar-refractivity contribution in [3.8, 4) is 0 Å². The van der Waals surface area contributed by atoms with E-state index >= 15 is 0 Å². The molecule has 2 amide bonds. The van der Waals surface area contributed by atoms with Crippen molar-refractivity contribution in [3.63, 3.8) is 0 Å². The van der Waals surface area contributed by atoms with Crippen molar-refractivity contribution >= 4 is 17.8 Å². The monoisotopic (exact) mass is 566 g/mol. The highest BCUT2D eigenvalue weighted by molar-refractivity contribution is 5.98.